The molecular formula is C12H21N3O4. The highest BCUT2D eigenvalue weighted by Crippen LogP contribution is 2.09. The lowest BCUT2D eigenvalue weighted by Gasteiger charge is -2.24. The van der Waals surface area contributed by atoms with Crippen molar-refractivity contribution in [1.82, 2.24) is 15.1 Å². The lowest BCUT2D eigenvalue weighted by atomic mass is 10.3. The minimum Gasteiger partial charge on any atom is -0.481 e. The lowest BCUT2D eigenvalue weighted by molar-refractivity contribution is -0.137. The Bertz CT molecular complexity index is 353. The van der Waals surface area contributed by atoms with Crippen LogP contribution in [0.25, 0.3) is 0 Å². The van der Waals surface area contributed by atoms with Gasteiger partial charge >= 0.3 is 12.0 Å². The van der Waals surface area contributed by atoms with Gasteiger partial charge in [-0.1, -0.05) is 0 Å². The van der Waals surface area contributed by atoms with E-state index in [1.54, 1.807) is 11.8 Å². The van der Waals surface area contributed by atoms with Gasteiger partial charge in [0.15, 0.2) is 0 Å². The van der Waals surface area contributed by atoms with Crippen molar-refractivity contribution in [2.24, 2.45) is 0 Å². The first-order chi connectivity index (χ1) is 8.91. The fraction of sp³-hybridized carbons (Fsp3) is 0.750. The molecule has 1 rings (SSSR count). The van der Waals surface area contributed by atoms with Crippen LogP contribution in [0.2, 0.25) is 0 Å². The van der Waals surface area contributed by atoms with Gasteiger partial charge in [0.05, 0.1) is 6.42 Å². The Kier molecular flexibility index (Phi) is 5.59. The number of nitrogens with zero attached hydrogens (tertiary/aromatic N) is 2. The topological polar surface area (TPSA) is 90.0 Å². The molecule has 7 heteroatoms. The van der Waals surface area contributed by atoms with Gasteiger partial charge in [-0.3, -0.25) is 9.59 Å². The van der Waals surface area contributed by atoms with Crippen molar-refractivity contribution >= 4 is 17.9 Å². The van der Waals surface area contributed by atoms with Gasteiger partial charge in [-0.25, -0.2) is 4.79 Å². The summed E-state index contributed by atoms with van der Waals surface area (Å²) >= 11 is 0. The Morgan fingerprint density at radius 1 is 1.32 bits per heavy atom. The predicted molar refractivity (Wildman–Crippen MR) is 68.7 cm³/mol. The van der Waals surface area contributed by atoms with E-state index in [0.29, 0.717) is 0 Å². The summed E-state index contributed by atoms with van der Waals surface area (Å²) in [5, 5.41) is 11.1. The number of nitrogens with one attached hydrogen (secondary N) is 1. The van der Waals surface area contributed by atoms with E-state index < -0.39 is 18.0 Å². The third kappa shape index (κ3) is 4.76. The quantitative estimate of drug-likeness (QED) is 0.743. The summed E-state index contributed by atoms with van der Waals surface area (Å²) < 4.78 is 0. The number of amides is 3. The average molecular weight is 271 g/mol. The number of hydrogen-bond acceptors (Lipinski definition) is 3. The minimum atomic E-state index is -0.958. The van der Waals surface area contributed by atoms with E-state index in [0.717, 1.165) is 25.9 Å². The highest BCUT2D eigenvalue weighted by molar-refractivity contribution is 5.86. The minimum absolute atomic E-state index is 0.0857. The number of carboxylic acid groups (broad SMARTS) is 1. The fourth-order valence-electron chi connectivity index (χ4n) is 1.93. The van der Waals surface area contributed by atoms with E-state index in [4.69, 9.17) is 5.11 Å². The predicted octanol–water partition coefficient (Wildman–Crippen LogP) is 0.113. The number of hydrogen-bond donors (Lipinski definition) is 2. The molecule has 0 aliphatic carbocycles. The van der Waals surface area contributed by atoms with E-state index in [2.05, 4.69) is 5.32 Å². The van der Waals surface area contributed by atoms with Crippen molar-refractivity contribution in [2.45, 2.75) is 32.2 Å². The number of carbonyl (C=O) groups excluding carboxylic acids is 2. The first-order valence-corrected chi connectivity index (χ1v) is 6.44. The summed E-state index contributed by atoms with van der Waals surface area (Å²) in [7, 11) is 1.51. The summed E-state index contributed by atoms with van der Waals surface area (Å²) in [5.41, 5.74) is 0. The van der Waals surface area contributed by atoms with Crippen LogP contribution in [0.15, 0.2) is 0 Å². The second-order valence-electron chi connectivity index (χ2n) is 4.77. The molecule has 0 bridgehead atoms. The molecule has 19 heavy (non-hydrogen) atoms. The van der Waals surface area contributed by atoms with Gasteiger partial charge in [0.1, 0.15) is 6.04 Å². The van der Waals surface area contributed by atoms with E-state index in [1.807, 2.05) is 0 Å². The van der Waals surface area contributed by atoms with E-state index in [1.165, 1.54) is 11.9 Å². The van der Waals surface area contributed by atoms with E-state index in [9.17, 15) is 14.4 Å². The van der Waals surface area contributed by atoms with Crippen LogP contribution in [0.1, 0.15) is 26.2 Å². The van der Waals surface area contributed by atoms with Crippen molar-refractivity contribution in [3.8, 4) is 0 Å². The number of urea groups is 1. The van der Waals surface area contributed by atoms with Crippen LogP contribution in [-0.4, -0.2) is 65.5 Å². The third-order valence-electron chi connectivity index (χ3n) is 3.14. The van der Waals surface area contributed by atoms with Gasteiger partial charge in [0, 0.05) is 26.7 Å². The van der Waals surface area contributed by atoms with Crippen molar-refractivity contribution in [1.29, 1.82) is 0 Å². The molecule has 1 atom stereocenters. The molecule has 3 amide bonds. The summed E-state index contributed by atoms with van der Waals surface area (Å²) in [6, 6.07) is -1.01. The molecule has 1 saturated heterocycles. The number of aliphatic carboxylic acids is 1. The number of likely N-dealkylation sites (tertiary alicyclic amines) is 1. The fourth-order valence-corrected chi connectivity index (χ4v) is 1.93. The first kappa shape index (κ1) is 15.3. The Morgan fingerprint density at radius 2 is 1.89 bits per heavy atom. The summed E-state index contributed by atoms with van der Waals surface area (Å²) in [6.07, 6.45) is 1.90. The van der Waals surface area contributed by atoms with Crippen molar-refractivity contribution < 1.29 is 19.5 Å². The Morgan fingerprint density at radius 3 is 2.42 bits per heavy atom. The molecule has 1 aliphatic heterocycles. The Hall–Kier alpha value is -1.79. The maximum absolute atomic E-state index is 12.0. The summed E-state index contributed by atoms with van der Waals surface area (Å²) in [6.45, 7) is 3.25. The highest BCUT2D eigenvalue weighted by Gasteiger charge is 2.25. The largest absolute Gasteiger partial charge is 0.481 e. The second kappa shape index (κ2) is 6.96. The zero-order chi connectivity index (χ0) is 14.4. The molecule has 1 unspecified atom stereocenters. The van der Waals surface area contributed by atoms with Crippen LogP contribution in [0, 0.1) is 0 Å². The molecule has 0 aromatic heterocycles. The van der Waals surface area contributed by atoms with Crippen LogP contribution < -0.4 is 5.32 Å². The monoisotopic (exact) mass is 271 g/mol. The van der Waals surface area contributed by atoms with Gasteiger partial charge in [-0.05, 0) is 19.8 Å². The lowest BCUT2D eigenvalue weighted by Crippen LogP contribution is -2.49. The molecule has 0 radical (unpaired) electrons. The number of carboxylic acids is 1. The number of rotatable bonds is 5. The molecule has 1 heterocycles. The molecule has 108 valence electrons. The zero-order valence-corrected chi connectivity index (χ0v) is 11.4. The van der Waals surface area contributed by atoms with Crippen LogP contribution >= 0.6 is 0 Å². The van der Waals surface area contributed by atoms with Crippen LogP contribution in [0.5, 0.6) is 0 Å². The smallest absolute Gasteiger partial charge is 0.317 e. The van der Waals surface area contributed by atoms with Crippen LogP contribution in [0.4, 0.5) is 4.79 Å². The molecule has 0 aromatic carbocycles. The SMILES string of the molecule is CC(NC(=O)N(C)CCC(=O)O)C(=O)N1CCCC1. The molecule has 0 aromatic rings. The molecule has 0 spiro atoms. The van der Waals surface area contributed by atoms with E-state index >= 15 is 0 Å². The highest BCUT2D eigenvalue weighted by atomic mass is 16.4. The average Bonchev–Trinajstić information content (AvgIpc) is 2.88. The van der Waals surface area contributed by atoms with Gasteiger partial charge in [-0.2, -0.15) is 0 Å². The first-order valence-electron chi connectivity index (χ1n) is 6.44. The Balaban J connectivity index is 2.37. The molecular weight excluding hydrogens is 250 g/mol. The van der Waals surface area contributed by atoms with Gasteiger partial charge in [-0.15, -0.1) is 0 Å². The molecule has 1 aliphatic rings. The van der Waals surface area contributed by atoms with Crippen molar-refractivity contribution in [3.63, 3.8) is 0 Å². The molecule has 0 saturated carbocycles. The normalized spacial score (nSPS) is 16.0. The number of carbonyl (C=O) groups is 3. The third-order valence-corrected chi connectivity index (χ3v) is 3.14. The summed E-state index contributed by atoms with van der Waals surface area (Å²) in [5.74, 6) is -1.04. The van der Waals surface area contributed by atoms with Crippen LogP contribution in [0.3, 0.4) is 0 Å². The van der Waals surface area contributed by atoms with Crippen molar-refractivity contribution in [3.05, 3.63) is 0 Å². The van der Waals surface area contributed by atoms with Gasteiger partial charge in [0.25, 0.3) is 0 Å². The molecule has 2 N–H and O–H groups in total. The standard InChI is InChI=1S/C12H21N3O4/c1-9(11(18)15-6-3-4-7-15)13-12(19)14(2)8-5-10(16)17/h9H,3-8H2,1-2H3,(H,13,19)(H,16,17). The molecule has 7 nitrogen and oxygen atoms in total. The maximum Gasteiger partial charge on any atom is 0.317 e. The zero-order valence-electron chi connectivity index (χ0n) is 11.4. The van der Waals surface area contributed by atoms with Gasteiger partial charge in [0.2, 0.25) is 5.91 Å². The summed E-state index contributed by atoms with van der Waals surface area (Å²) in [4.78, 5) is 37.1. The second-order valence-corrected chi connectivity index (χ2v) is 4.77. The van der Waals surface area contributed by atoms with Gasteiger partial charge < -0.3 is 20.2 Å². The van der Waals surface area contributed by atoms with Crippen LogP contribution in [-0.2, 0) is 9.59 Å². The van der Waals surface area contributed by atoms with E-state index in [-0.39, 0.29) is 18.9 Å². The van der Waals surface area contributed by atoms with Crippen molar-refractivity contribution in [2.75, 3.05) is 26.7 Å². The Labute approximate surface area is 112 Å². The maximum atomic E-state index is 12.0. The molecule has 1 fully saturated rings.